The van der Waals surface area contributed by atoms with Gasteiger partial charge in [-0.15, -0.1) is 0 Å². The molecule has 0 saturated heterocycles. The molecule has 1 heterocycles. The Labute approximate surface area is 198 Å². The van der Waals surface area contributed by atoms with Gasteiger partial charge in [0.1, 0.15) is 0 Å². The van der Waals surface area contributed by atoms with Crippen LogP contribution in [0.5, 0.6) is 11.5 Å². The summed E-state index contributed by atoms with van der Waals surface area (Å²) in [6.45, 7) is 6.84. The van der Waals surface area contributed by atoms with Crippen molar-refractivity contribution in [2.24, 2.45) is 0 Å². The summed E-state index contributed by atoms with van der Waals surface area (Å²) < 4.78 is 11.7. The Kier molecular flexibility index (Phi) is 6.63. The highest BCUT2D eigenvalue weighted by atomic mass is 35.5. The van der Waals surface area contributed by atoms with E-state index in [-0.39, 0.29) is 18.4 Å². The van der Waals surface area contributed by atoms with Crippen LogP contribution in [0.1, 0.15) is 42.1 Å². The summed E-state index contributed by atoms with van der Waals surface area (Å²) >= 11 is 12.6. The van der Waals surface area contributed by atoms with E-state index in [0.29, 0.717) is 34.8 Å². The molecule has 1 amide bonds. The third-order valence-corrected chi connectivity index (χ3v) is 6.25. The summed E-state index contributed by atoms with van der Waals surface area (Å²) in [4.78, 5) is 15.3. The van der Waals surface area contributed by atoms with Gasteiger partial charge in [-0.1, -0.05) is 41.4 Å². The molecule has 3 aromatic carbocycles. The first kappa shape index (κ1) is 22.5. The van der Waals surface area contributed by atoms with E-state index in [0.717, 1.165) is 27.9 Å². The van der Waals surface area contributed by atoms with Crippen molar-refractivity contribution in [3.63, 3.8) is 0 Å². The number of hydrogen-bond acceptors (Lipinski definition) is 3. The Morgan fingerprint density at radius 3 is 2.22 bits per heavy atom. The number of benzene rings is 3. The van der Waals surface area contributed by atoms with Gasteiger partial charge < -0.3 is 14.4 Å². The van der Waals surface area contributed by atoms with Gasteiger partial charge in [0.25, 0.3) is 0 Å². The first-order chi connectivity index (χ1) is 15.4. The fourth-order valence-corrected chi connectivity index (χ4v) is 4.39. The highest BCUT2D eigenvalue weighted by molar-refractivity contribution is 6.31. The lowest BCUT2D eigenvalue weighted by molar-refractivity contribution is -0.118. The van der Waals surface area contributed by atoms with Crippen LogP contribution in [0.15, 0.2) is 54.6 Å². The molecule has 0 N–H and O–H groups in total. The van der Waals surface area contributed by atoms with E-state index in [1.54, 1.807) is 0 Å². The Morgan fingerprint density at radius 2 is 1.59 bits per heavy atom. The minimum Gasteiger partial charge on any atom is -0.490 e. The van der Waals surface area contributed by atoms with E-state index in [1.807, 2.05) is 80.3 Å². The van der Waals surface area contributed by atoms with E-state index in [1.165, 1.54) is 0 Å². The number of carbonyl (C=O) groups excluding carboxylic acids is 1. The molecule has 1 atom stereocenters. The molecule has 0 unspecified atom stereocenters. The van der Waals surface area contributed by atoms with Gasteiger partial charge in [-0.25, -0.2) is 0 Å². The van der Waals surface area contributed by atoms with Crippen molar-refractivity contribution in [1.82, 2.24) is 0 Å². The number of fused-ring (bicyclic) bond motifs is 1. The normalized spacial score (nSPS) is 15.5. The first-order valence-corrected chi connectivity index (χ1v) is 11.4. The zero-order valence-corrected chi connectivity index (χ0v) is 19.8. The lowest BCUT2D eigenvalue weighted by Gasteiger charge is -2.38. The molecule has 1 aliphatic heterocycles. The third-order valence-electron chi connectivity index (χ3n) is 5.59. The van der Waals surface area contributed by atoms with E-state index in [4.69, 9.17) is 32.7 Å². The Balaban J connectivity index is 1.93. The van der Waals surface area contributed by atoms with Crippen LogP contribution in [0.25, 0.3) is 0 Å². The molecule has 0 aromatic heterocycles. The first-order valence-electron chi connectivity index (χ1n) is 10.7. The fraction of sp³-hybridized carbons (Fsp3) is 0.269. The maximum Gasteiger partial charge on any atom is 0.232 e. The van der Waals surface area contributed by atoms with Crippen LogP contribution in [0.3, 0.4) is 0 Å². The van der Waals surface area contributed by atoms with Crippen LogP contribution < -0.4 is 14.4 Å². The van der Waals surface area contributed by atoms with Crippen LogP contribution >= 0.6 is 23.2 Å². The van der Waals surface area contributed by atoms with Crippen LogP contribution in [0.4, 0.5) is 5.69 Å². The minimum absolute atomic E-state index is 0.0102. The summed E-state index contributed by atoms with van der Waals surface area (Å²) in [6, 6.07) is 16.9. The Morgan fingerprint density at radius 1 is 0.938 bits per heavy atom. The van der Waals surface area contributed by atoms with Crippen molar-refractivity contribution in [3.8, 4) is 11.5 Å². The Hall–Kier alpha value is -2.69. The van der Waals surface area contributed by atoms with Gasteiger partial charge >= 0.3 is 0 Å². The number of nitrogens with zero attached hydrogens (tertiary/aromatic N) is 1. The molecule has 6 heteroatoms. The molecule has 4 nitrogen and oxygen atoms in total. The molecule has 0 saturated carbocycles. The molecule has 3 aromatic rings. The molecule has 4 rings (SSSR count). The molecule has 166 valence electrons. The zero-order chi connectivity index (χ0) is 22.8. The fourth-order valence-electron chi connectivity index (χ4n) is 4.09. The molecular weight excluding hydrogens is 445 g/mol. The maximum atomic E-state index is 13.5. The second-order valence-corrected chi connectivity index (χ2v) is 8.54. The van der Waals surface area contributed by atoms with E-state index in [2.05, 4.69) is 0 Å². The van der Waals surface area contributed by atoms with Gasteiger partial charge in [-0.05, 0) is 79.4 Å². The predicted molar refractivity (Wildman–Crippen MR) is 129 cm³/mol. The number of aryl methyl sites for hydroxylation is 1. The highest BCUT2D eigenvalue weighted by Gasteiger charge is 2.36. The van der Waals surface area contributed by atoms with Crippen molar-refractivity contribution >= 4 is 34.8 Å². The molecule has 0 fully saturated rings. The molecule has 0 radical (unpaired) electrons. The minimum atomic E-state index is -0.350. The topological polar surface area (TPSA) is 38.8 Å². The van der Waals surface area contributed by atoms with Crippen molar-refractivity contribution in [3.05, 3.63) is 86.9 Å². The number of ether oxygens (including phenoxy) is 2. The number of rotatable bonds is 6. The van der Waals surface area contributed by atoms with E-state index in [9.17, 15) is 4.79 Å². The molecule has 0 bridgehead atoms. The molecule has 0 spiro atoms. The largest absolute Gasteiger partial charge is 0.490 e. The van der Waals surface area contributed by atoms with Gasteiger partial charge in [0.05, 0.1) is 25.7 Å². The number of halogens is 2. The smallest absolute Gasteiger partial charge is 0.232 e. The zero-order valence-electron chi connectivity index (χ0n) is 18.3. The summed E-state index contributed by atoms with van der Waals surface area (Å²) in [7, 11) is 0. The van der Waals surface area contributed by atoms with Crippen molar-refractivity contribution in [2.45, 2.75) is 33.2 Å². The SMILES string of the molecule is CCOc1cc2c(cc1OCC)[C@@H](c1ccc(Cl)cc1)N(c1ccc(C)c(Cl)c1)C(=O)C2. The van der Waals surface area contributed by atoms with Crippen molar-refractivity contribution in [2.75, 3.05) is 18.1 Å². The van der Waals surface area contributed by atoms with Crippen LogP contribution in [-0.4, -0.2) is 19.1 Å². The van der Waals surface area contributed by atoms with Gasteiger partial charge in [0.2, 0.25) is 5.91 Å². The second kappa shape index (κ2) is 9.43. The maximum absolute atomic E-state index is 13.5. The van der Waals surface area contributed by atoms with E-state index >= 15 is 0 Å². The molecule has 1 aliphatic rings. The van der Waals surface area contributed by atoms with Crippen LogP contribution in [0, 0.1) is 6.92 Å². The Bertz CT molecular complexity index is 1140. The lowest BCUT2D eigenvalue weighted by atomic mass is 9.86. The summed E-state index contributed by atoms with van der Waals surface area (Å²) in [6.07, 6.45) is 0.261. The predicted octanol–water partition coefficient (Wildman–Crippen LogP) is 6.78. The van der Waals surface area contributed by atoms with Gasteiger partial charge in [0.15, 0.2) is 11.5 Å². The highest BCUT2D eigenvalue weighted by Crippen LogP contribution is 2.44. The summed E-state index contributed by atoms with van der Waals surface area (Å²) in [5.41, 5.74) is 4.59. The summed E-state index contributed by atoms with van der Waals surface area (Å²) in [5, 5.41) is 1.26. The molecular formula is C26H25Cl2NO3. The number of amides is 1. The van der Waals surface area contributed by atoms with E-state index < -0.39 is 0 Å². The van der Waals surface area contributed by atoms with Gasteiger partial charge in [-0.3, -0.25) is 4.79 Å². The standard InChI is InChI=1S/C26H25Cl2NO3/c1-4-31-23-12-18-13-25(30)29(20-11-6-16(3)22(28)14-20)26(17-7-9-19(27)10-8-17)21(18)15-24(23)32-5-2/h6-12,14-15,26H,4-5,13H2,1-3H3/t26-/m1/s1. The average molecular weight is 470 g/mol. The molecule has 32 heavy (non-hydrogen) atoms. The van der Waals surface area contributed by atoms with Gasteiger partial charge in [0, 0.05) is 15.7 Å². The number of anilines is 1. The van der Waals surface area contributed by atoms with Crippen LogP contribution in [-0.2, 0) is 11.2 Å². The third kappa shape index (κ3) is 4.30. The average Bonchev–Trinajstić information content (AvgIpc) is 2.77. The van der Waals surface area contributed by atoms with Crippen molar-refractivity contribution in [1.29, 1.82) is 0 Å². The number of hydrogen-bond donors (Lipinski definition) is 0. The van der Waals surface area contributed by atoms with Gasteiger partial charge in [-0.2, -0.15) is 0 Å². The monoisotopic (exact) mass is 469 g/mol. The molecule has 0 aliphatic carbocycles. The lowest BCUT2D eigenvalue weighted by Crippen LogP contribution is -2.41. The summed E-state index contributed by atoms with van der Waals surface area (Å²) in [5.74, 6) is 1.31. The van der Waals surface area contributed by atoms with Crippen LogP contribution in [0.2, 0.25) is 10.0 Å². The van der Waals surface area contributed by atoms with Crippen molar-refractivity contribution < 1.29 is 14.3 Å². The quantitative estimate of drug-likeness (QED) is 0.399. The second-order valence-electron chi connectivity index (χ2n) is 7.69. The number of carbonyl (C=O) groups is 1.